The molecular formula is C35H70O15Si3. The number of rotatable bonds is 25. The molecule has 18 heteroatoms. The van der Waals surface area contributed by atoms with E-state index in [1.165, 1.54) is 0 Å². The van der Waals surface area contributed by atoms with Crippen LogP contribution in [0.5, 0.6) is 0 Å². The zero-order valence-corrected chi connectivity index (χ0v) is 33.1. The number of terminal acetylenes is 6. The summed E-state index contributed by atoms with van der Waals surface area (Å²) < 4.78 is 54.1. The topological polar surface area (TPSA) is 173 Å². The van der Waals surface area contributed by atoms with Crippen molar-refractivity contribution in [3.05, 3.63) is 38.0 Å². The summed E-state index contributed by atoms with van der Waals surface area (Å²) in [6.07, 6.45) is 46.8. The van der Waals surface area contributed by atoms with Crippen molar-refractivity contribution >= 4 is 44.1 Å². The third-order valence-electron chi connectivity index (χ3n) is 6.00. The van der Waals surface area contributed by atoms with Crippen LogP contribution in [0.1, 0.15) is 49.2 Å². The van der Waals surface area contributed by atoms with Crippen LogP contribution in [0.15, 0.2) is 38.0 Å². The third-order valence-corrected chi connectivity index (χ3v) is 13.0. The molecule has 0 heterocycles. The maximum atomic E-state index is 10.9. The van der Waals surface area contributed by atoms with Gasteiger partial charge >= 0.3 is 44.1 Å². The minimum absolute atomic E-state index is 0. The van der Waals surface area contributed by atoms with Gasteiger partial charge in [-0.3, -0.25) is 0 Å². The number of hydrogen-bond acceptors (Lipinski definition) is 15. The Hall–Kier alpha value is -5.68. The van der Waals surface area contributed by atoms with Gasteiger partial charge in [-0.15, -0.1) is 0 Å². The van der Waals surface area contributed by atoms with Gasteiger partial charge in [0, 0.05) is 49.6 Å². The predicted molar refractivity (Wildman–Crippen MR) is 224 cm³/mol. The fraction of sp³-hybridized carbons (Fsp3) is 0.400. The average molecular weight is 815 g/mol. The molecule has 0 aromatic carbocycles. The van der Waals surface area contributed by atoms with Crippen molar-refractivity contribution in [2.24, 2.45) is 0 Å². The zero-order chi connectivity index (χ0) is 41.0. The Morgan fingerprint density at radius 1 is 0.642 bits per heavy atom. The summed E-state index contributed by atoms with van der Waals surface area (Å²) in [6, 6.07) is 1.16. The van der Waals surface area contributed by atoms with Crippen molar-refractivity contribution < 1.29 is 86.2 Å². The van der Waals surface area contributed by atoms with Crippen molar-refractivity contribution in [3.8, 4) is 75.2 Å². The summed E-state index contributed by atoms with van der Waals surface area (Å²) in [6.45, 7) is 12.1. The third kappa shape index (κ3) is 26.8. The highest BCUT2D eigenvalue weighted by molar-refractivity contribution is 6.66. The Kier molecular flexibility index (Phi) is 31.4. The van der Waals surface area contributed by atoms with Gasteiger partial charge in [-0.05, 0) is 31.9 Å². The van der Waals surface area contributed by atoms with Crippen LogP contribution < -0.4 is 0 Å². The minimum atomic E-state index is -3.57. The first-order chi connectivity index (χ1) is 25.2. The molecule has 0 saturated heterocycles. The van der Waals surface area contributed by atoms with Crippen molar-refractivity contribution in [2.45, 2.75) is 56.8 Å². The lowest BCUT2D eigenvalue weighted by Gasteiger charge is -2.22. The number of unbranched alkanes of at least 4 members (excludes halogenated alkanes) is 2. The first-order valence-corrected chi connectivity index (χ1v) is 21.6. The molecule has 1 N–H and O–H groups in total. The van der Waals surface area contributed by atoms with Gasteiger partial charge in [-0.2, -0.15) is 0 Å². The van der Waals surface area contributed by atoms with E-state index in [0.29, 0.717) is 31.9 Å². The van der Waals surface area contributed by atoms with Gasteiger partial charge in [0.25, 0.3) is 0 Å². The summed E-state index contributed by atoms with van der Waals surface area (Å²) in [5.74, 6) is -1.66. The zero-order valence-electron chi connectivity index (χ0n) is 30.1. The number of aliphatic hydroxyl groups is 1. The molecule has 0 aromatic rings. The predicted octanol–water partition coefficient (Wildman–Crippen LogP) is 5.84. The molecule has 0 saturated carbocycles. The van der Waals surface area contributed by atoms with E-state index in [1.807, 2.05) is 43.2 Å². The normalized spacial score (nSPS) is 10.3. The molecule has 15 nitrogen and oxygen atoms in total. The van der Waals surface area contributed by atoms with Crippen LogP contribution in [0.3, 0.4) is 0 Å². The van der Waals surface area contributed by atoms with Crippen LogP contribution in [0, 0.1) is 75.2 Å². The van der Waals surface area contributed by atoms with Gasteiger partial charge in [0.1, 0.15) is 6.61 Å². The maximum absolute atomic E-state index is 10.9. The number of hydrogen-bond donors (Lipinski definition) is 1. The Bertz CT molecular complexity index is 1350. The van der Waals surface area contributed by atoms with E-state index >= 15 is 0 Å². The highest BCUT2D eigenvalue weighted by atomic mass is 28.4. The Balaban J connectivity index is -0.0000000417. The van der Waals surface area contributed by atoms with Gasteiger partial charge in [-0.25, -0.2) is 14.4 Å². The summed E-state index contributed by atoms with van der Waals surface area (Å²) in [5, 5.41) is 9.65. The quantitative estimate of drug-likeness (QED) is 0.0291. The number of esters is 3. The van der Waals surface area contributed by atoms with Crippen molar-refractivity contribution in [3.63, 3.8) is 0 Å². The number of carbonyl (C=O) groups excluding carboxylic acids is 3. The minimum Gasteiger partial charge on any atom is -0.463 e. The second-order valence-corrected chi connectivity index (χ2v) is 17.9. The summed E-state index contributed by atoms with van der Waals surface area (Å²) in [5.41, 5.74) is 0. The van der Waals surface area contributed by atoms with Crippen molar-refractivity contribution in [1.82, 2.24) is 0 Å². The molecule has 0 aliphatic heterocycles. The molecule has 0 rings (SSSR count). The van der Waals surface area contributed by atoms with Gasteiger partial charge in [0.2, 0.25) is 0 Å². The van der Waals surface area contributed by atoms with E-state index in [-0.39, 0.29) is 29.7 Å². The SMILES string of the molecule is C#CO[Si](CCCCCC(O)COC(=O)C=C)(OC#C)OC#C.C#CO[Si](COC(=O)C=C)(OC#C)OC#C.C=CC(=O)OCCC[Si](C)(OC)OC.[HH].[HH].[HH].[HH].[HH].[HH].[HH].[HH].[HH].[HH].[HH].[HH]. The lowest BCUT2D eigenvalue weighted by atomic mass is 10.1. The van der Waals surface area contributed by atoms with Crippen LogP contribution >= 0.6 is 0 Å². The van der Waals surface area contributed by atoms with Crippen LogP contribution in [-0.4, -0.2) is 89.0 Å². The van der Waals surface area contributed by atoms with Gasteiger partial charge in [0.15, 0.2) is 6.23 Å². The molecule has 0 radical (unpaired) electrons. The Morgan fingerprint density at radius 3 is 1.47 bits per heavy atom. The fourth-order valence-corrected chi connectivity index (χ4v) is 7.43. The molecular weight excluding hydrogens is 745 g/mol. The molecule has 0 aliphatic carbocycles. The first-order valence-electron chi connectivity index (χ1n) is 15.2. The van der Waals surface area contributed by atoms with E-state index in [9.17, 15) is 19.5 Å². The second-order valence-electron chi connectivity index (χ2n) is 9.60. The van der Waals surface area contributed by atoms with E-state index in [4.69, 9.17) is 83.4 Å². The summed E-state index contributed by atoms with van der Waals surface area (Å²) in [4.78, 5) is 32.4. The van der Waals surface area contributed by atoms with E-state index in [2.05, 4.69) is 24.5 Å². The van der Waals surface area contributed by atoms with Crippen LogP contribution in [0.2, 0.25) is 18.6 Å². The van der Waals surface area contributed by atoms with Crippen LogP contribution in [0.4, 0.5) is 0 Å². The van der Waals surface area contributed by atoms with E-state index in [0.717, 1.165) is 37.1 Å². The lowest BCUT2D eigenvalue weighted by molar-refractivity contribution is -0.141. The second kappa shape index (κ2) is 32.2. The standard InChI is InChI=1S/C16H20O6Si.C10H8O5Si.C9H18O4Si.12H2/c1-5-16(18)19-14-15(17)12-10-9-11-13-23(20-6-2,21-7-3)22-8-4;1-5-10(11)12-9-16(13-6-2,14-7-3)15-8-4;1-5-9(10)13-7-6-8-14(4,11-2)12-3;;;;;;;;;;;;/h2-5,15,17H,1,9-14H2;2-5H,1,9H2;5H,1,6-8H2,2-4H3;12*1H. The molecule has 0 amide bonds. The summed E-state index contributed by atoms with van der Waals surface area (Å²) >= 11 is 0. The van der Waals surface area contributed by atoms with Crippen LogP contribution in [0.25, 0.3) is 0 Å². The fourth-order valence-electron chi connectivity index (χ4n) is 3.25. The molecule has 0 bridgehead atoms. The maximum Gasteiger partial charge on any atom is 0.765 e. The highest BCUT2D eigenvalue weighted by Crippen LogP contribution is 2.20. The Morgan fingerprint density at radius 2 is 1.06 bits per heavy atom. The molecule has 1 unspecified atom stereocenters. The highest BCUT2D eigenvalue weighted by Gasteiger charge is 2.51. The number of ether oxygens (including phenoxy) is 3. The molecule has 1 atom stereocenters. The van der Waals surface area contributed by atoms with Gasteiger partial charge in [0.05, 0.1) is 55.4 Å². The Labute approximate surface area is 334 Å². The molecule has 0 aliphatic rings. The van der Waals surface area contributed by atoms with Crippen molar-refractivity contribution in [1.29, 1.82) is 0 Å². The monoisotopic (exact) mass is 814 g/mol. The number of aliphatic hydroxyl groups excluding tert-OH is 1. The molecule has 312 valence electrons. The average Bonchev–Trinajstić information content (AvgIpc) is 3.15. The molecule has 53 heavy (non-hydrogen) atoms. The molecule has 0 spiro atoms. The number of carbonyl (C=O) groups is 3. The van der Waals surface area contributed by atoms with Gasteiger partial charge < -0.3 is 54.7 Å². The smallest absolute Gasteiger partial charge is 0.463 e. The van der Waals surface area contributed by atoms with E-state index < -0.39 is 50.4 Å². The van der Waals surface area contributed by atoms with Gasteiger partial charge in [-0.1, -0.05) is 71.1 Å². The van der Waals surface area contributed by atoms with Crippen LogP contribution in [-0.2, 0) is 64.0 Å². The molecule has 0 aromatic heterocycles. The van der Waals surface area contributed by atoms with Crippen molar-refractivity contribution in [2.75, 3.05) is 33.7 Å². The first kappa shape index (κ1) is 51.7. The van der Waals surface area contributed by atoms with E-state index in [1.54, 1.807) is 14.2 Å². The summed E-state index contributed by atoms with van der Waals surface area (Å²) in [7, 11) is -5.54. The largest absolute Gasteiger partial charge is 0.765 e. The lowest BCUT2D eigenvalue weighted by Crippen LogP contribution is -2.48. The molecule has 0 fully saturated rings.